The maximum Gasteiger partial charge on any atom is 0.337 e. The SMILES string of the molecule is COC(=O)c1ccc2c(ccn2C(=O)C(C)(C)C)c1. The Morgan fingerprint density at radius 3 is 2.42 bits per heavy atom. The number of aromatic nitrogens is 1. The Labute approximate surface area is 112 Å². The van der Waals surface area contributed by atoms with Gasteiger partial charge in [0.05, 0.1) is 18.2 Å². The van der Waals surface area contributed by atoms with Crippen molar-refractivity contribution >= 4 is 22.8 Å². The minimum Gasteiger partial charge on any atom is -0.465 e. The van der Waals surface area contributed by atoms with E-state index in [1.165, 1.54) is 7.11 Å². The number of fused-ring (bicyclic) bond motifs is 1. The van der Waals surface area contributed by atoms with Gasteiger partial charge in [-0.2, -0.15) is 0 Å². The minimum atomic E-state index is -0.451. The molecule has 2 aromatic rings. The maximum atomic E-state index is 12.3. The van der Waals surface area contributed by atoms with Crippen LogP contribution in [0.3, 0.4) is 0 Å². The predicted molar refractivity (Wildman–Crippen MR) is 73.4 cm³/mol. The summed E-state index contributed by atoms with van der Waals surface area (Å²) >= 11 is 0. The molecular formula is C15H17NO3. The van der Waals surface area contributed by atoms with Gasteiger partial charge < -0.3 is 4.74 Å². The van der Waals surface area contributed by atoms with Crippen LogP contribution in [0.2, 0.25) is 0 Å². The van der Waals surface area contributed by atoms with Gasteiger partial charge in [0.25, 0.3) is 0 Å². The molecule has 2 rings (SSSR count). The van der Waals surface area contributed by atoms with Crippen LogP contribution in [0, 0.1) is 5.41 Å². The van der Waals surface area contributed by atoms with Crippen LogP contribution in [0.1, 0.15) is 35.9 Å². The molecule has 1 heterocycles. The van der Waals surface area contributed by atoms with Crippen molar-refractivity contribution in [2.24, 2.45) is 5.41 Å². The normalized spacial score (nSPS) is 11.6. The van der Waals surface area contributed by atoms with Gasteiger partial charge in [0, 0.05) is 17.0 Å². The fraction of sp³-hybridized carbons (Fsp3) is 0.333. The second-order valence-corrected chi connectivity index (χ2v) is 5.51. The highest BCUT2D eigenvalue weighted by molar-refractivity contribution is 5.98. The molecule has 0 saturated carbocycles. The second-order valence-electron chi connectivity index (χ2n) is 5.51. The van der Waals surface area contributed by atoms with E-state index >= 15 is 0 Å². The number of carbonyl (C=O) groups excluding carboxylic acids is 2. The van der Waals surface area contributed by atoms with Gasteiger partial charge in [0.2, 0.25) is 5.91 Å². The molecular weight excluding hydrogens is 242 g/mol. The van der Waals surface area contributed by atoms with Crippen LogP contribution in [-0.2, 0) is 4.74 Å². The molecule has 1 aromatic heterocycles. The van der Waals surface area contributed by atoms with E-state index in [1.54, 1.807) is 29.0 Å². The molecule has 0 aliphatic rings. The molecule has 100 valence electrons. The Morgan fingerprint density at radius 1 is 1.16 bits per heavy atom. The molecule has 0 atom stereocenters. The molecule has 4 nitrogen and oxygen atoms in total. The molecule has 1 aromatic carbocycles. The van der Waals surface area contributed by atoms with Crippen molar-refractivity contribution in [1.82, 2.24) is 4.57 Å². The number of hydrogen-bond donors (Lipinski definition) is 0. The van der Waals surface area contributed by atoms with Gasteiger partial charge in [0.15, 0.2) is 0 Å². The van der Waals surface area contributed by atoms with E-state index in [2.05, 4.69) is 4.74 Å². The van der Waals surface area contributed by atoms with Gasteiger partial charge in [-0.1, -0.05) is 20.8 Å². The second kappa shape index (κ2) is 4.53. The Hall–Kier alpha value is -2.10. The van der Waals surface area contributed by atoms with E-state index in [9.17, 15) is 9.59 Å². The summed E-state index contributed by atoms with van der Waals surface area (Å²) in [6, 6.07) is 6.99. The van der Waals surface area contributed by atoms with Crippen molar-refractivity contribution in [3.05, 3.63) is 36.0 Å². The highest BCUT2D eigenvalue weighted by Gasteiger charge is 2.24. The largest absolute Gasteiger partial charge is 0.465 e. The lowest BCUT2D eigenvalue weighted by Crippen LogP contribution is -2.25. The summed E-state index contributed by atoms with van der Waals surface area (Å²) in [5.74, 6) is -0.356. The molecule has 4 heteroatoms. The number of benzene rings is 1. The third-order valence-corrected chi connectivity index (χ3v) is 2.97. The van der Waals surface area contributed by atoms with Gasteiger partial charge >= 0.3 is 5.97 Å². The van der Waals surface area contributed by atoms with E-state index < -0.39 is 5.41 Å². The van der Waals surface area contributed by atoms with E-state index in [1.807, 2.05) is 26.8 Å². The van der Waals surface area contributed by atoms with Crippen molar-refractivity contribution in [3.8, 4) is 0 Å². The maximum absolute atomic E-state index is 12.3. The van der Waals surface area contributed by atoms with Gasteiger partial charge in [-0.05, 0) is 24.3 Å². The number of rotatable bonds is 1. The van der Waals surface area contributed by atoms with Crippen molar-refractivity contribution < 1.29 is 14.3 Å². The molecule has 0 radical (unpaired) electrons. The first-order valence-corrected chi connectivity index (χ1v) is 6.09. The topological polar surface area (TPSA) is 48.3 Å². The van der Waals surface area contributed by atoms with Crippen LogP contribution < -0.4 is 0 Å². The number of ether oxygens (including phenoxy) is 1. The lowest BCUT2D eigenvalue weighted by Gasteiger charge is -2.17. The Kier molecular flexibility index (Phi) is 3.18. The van der Waals surface area contributed by atoms with Crippen LogP contribution in [0.15, 0.2) is 30.5 Å². The van der Waals surface area contributed by atoms with Crippen molar-refractivity contribution in [2.75, 3.05) is 7.11 Å². The van der Waals surface area contributed by atoms with Crippen LogP contribution in [0.25, 0.3) is 10.9 Å². The van der Waals surface area contributed by atoms with Crippen LogP contribution in [0.4, 0.5) is 0 Å². The zero-order valence-corrected chi connectivity index (χ0v) is 11.6. The first-order valence-electron chi connectivity index (χ1n) is 6.09. The minimum absolute atomic E-state index is 0.0216. The lowest BCUT2D eigenvalue weighted by molar-refractivity contribution is 0.0600. The fourth-order valence-electron chi connectivity index (χ4n) is 1.93. The summed E-state index contributed by atoms with van der Waals surface area (Å²) in [5.41, 5.74) is 0.830. The van der Waals surface area contributed by atoms with E-state index in [0.29, 0.717) is 5.56 Å². The molecule has 0 aliphatic carbocycles. The van der Waals surface area contributed by atoms with Crippen LogP contribution in [0.5, 0.6) is 0 Å². The third-order valence-electron chi connectivity index (χ3n) is 2.97. The lowest BCUT2D eigenvalue weighted by atomic mass is 9.95. The molecule has 0 saturated heterocycles. The third kappa shape index (κ3) is 2.38. The van der Waals surface area contributed by atoms with Gasteiger partial charge in [-0.15, -0.1) is 0 Å². The quantitative estimate of drug-likeness (QED) is 0.739. The average Bonchev–Trinajstić information content (AvgIpc) is 2.78. The van der Waals surface area contributed by atoms with Crippen LogP contribution in [-0.4, -0.2) is 23.6 Å². The average molecular weight is 259 g/mol. The Bertz CT molecular complexity index is 647. The first kappa shape index (κ1) is 13.3. The smallest absolute Gasteiger partial charge is 0.337 e. The summed E-state index contributed by atoms with van der Waals surface area (Å²) in [6.07, 6.45) is 1.74. The van der Waals surface area contributed by atoms with Gasteiger partial charge in [0.1, 0.15) is 0 Å². The molecule has 0 spiro atoms. The molecule has 0 amide bonds. The van der Waals surface area contributed by atoms with Gasteiger partial charge in [-0.25, -0.2) is 4.79 Å². The van der Waals surface area contributed by atoms with Gasteiger partial charge in [-0.3, -0.25) is 9.36 Å². The summed E-state index contributed by atoms with van der Waals surface area (Å²) in [4.78, 5) is 23.7. The Balaban J connectivity index is 2.51. The zero-order valence-electron chi connectivity index (χ0n) is 11.6. The number of hydrogen-bond acceptors (Lipinski definition) is 3. The number of esters is 1. The van der Waals surface area contributed by atoms with Crippen molar-refractivity contribution in [2.45, 2.75) is 20.8 Å². The van der Waals surface area contributed by atoms with Crippen molar-refractivity contribution in [1.29, 1.82) is 0 Å². The summed E-state index contributed by atoms with van der Waals surface area (Å²) in [6.45, 7) is 5.64. The molecule has 0 fully saturated rings. The van der Waals surface area contributed by atoms with Crippen LogP contribution >= 0.6 is 0 Å². The monoisotopic (exact) mass is 259 g/mol. The zero-order chi connectivity index (χ0) is 14.2. The predicted octanol–water partition coefficient (Wildman–Crippen LogP) is 3.11. The number of carbonyl (C=O) groups is 2. The summed E-state index contributed by atoms with van der Waals surface area (Å²) in [7, 11) is 1.35. The highest BCUT2D eigenvalue weighted by atomic mass is 16.5. The molecule has 0 N–H and O–H groups in total. The highest BCUT2D eigenvalue weighted by Crippen LogP contribution is 2.23. The number of methoxy groups -OCH3 is 1. The van der Waals surface area contributed by atoms with Crippen molar-refractivity contribution in [3.63, 3.8) is 0 Å². The van der Waals surface area contributed by atoms with E-state index in [0.717, 1.165) is 10.9 Å². The molecule has 0 bridgehead atoms. The molecule has 0 unspecified atom stereocenters. The van der Waals surface area contributed by atoms with E-state index in [4.69, 9.17) is 0 Å². The van der Waals surface area contributed by atoms with E-state index in [-0.39, 0.29) is 11.9 Å². The molecule has 0 aliphatic heterocycles. The standard InChI is InChI=1S/C15H17NO3/c1-15(2,3)14(18)16-8-7-10-9-11(13(17)19-4)5-6-12(10)16/h5-9H,1-4H3. The Morgan fingerprint density at radius 2 is 1.84 bits per heavy atom. The summed E-state index contributed by atoms with van der Waals surface area (Å²) < 4.78 is 6.30. The fourth-order valence-corrected chi connectivity index (χ4v) is 1.93. The number of nitrogens with zero attached hydrogens (tertiary/aromatic N) is 1. The molecule has 19 heavy (non-hydrogen) atoms. The summed E-state index contributed by atoms with van der Waals surface area (Å²) in [5, 5.41) is 0.848. The first-order chi connectivity index (χ1) is 8.84.